The summed E-state index contributed by atoms with van der Waals surface area (Å²) >= 11 is 0. The first-order chi connectivity index (χ1) is 20.1. The molecule has 0 aliphatic heterocycles. The van der Waals surface area contributed by atoms with E-state index in [1.54, 1.807) is 5.57 Å². The molecule has 252 valence electrons. The zero-order valence-corrected chi connectivity index (χ0v) is 33.0. The molecule has 0 saturated heterocycles. The highest BCUT2D eigenvalue weighted by molar-refractivity contribution is 6.74. The van der Waals surface area contributed by atoms with Gasteiger partial charge >= 0.3 is 5.97 Å². The summed E-state index contributed by atoms with van der Waals surface area (Å²) in [6.45, 7) is 33.1. The highest BCUT2D eigenvalue weighted by Gasteiger charge is 2.50. The van der Waals surface area contributed by atoms with Crippen LogP contribution in [-0.4, -0.2) is 41.9 Å². The topological polar surface area (TPSA) is 44.8 Å². The molecule has 0 amide bonds. The number of ether oxygens (including phenoxy) is 1. The highest BCUT2D eigenvalue weighted by atomic mass is 28.4. The van der Waals surface area contributed by atoms with Gasteiger partial charge in [0.25, 0.3) is 0 Å². The summed E-state index contributed by atoms with van der Waals surface area (Å²) in [5, 5.41) is 0.319. The normalized spacial score (nSPS) is 31.3. The minimum absolute atomic E-state index is 0.0161. The summed E-state index contributed by atoms with van der Waals surface area (Å²) in [6.07, 6.45) is 15.9. The number of allylic oxidation sites excluding steroid dienone is 3. The Labute approximate surface area is 274 Å². The third kappa shape index (κ3) is 8.49. The average molecular weight is 645 g/mol. The van der Waals surface area contributed by atoms with Gasteiger partial charge < -0.3 is 13.6 Å². The Morgan fingerprint density at radius 3 is 2.23 bits per heavy atom. The molecule has 3 aliphatic rings. The second-order valence-corrected chi connectivity index (χ2v) is 27.3. The van der Waals surface area contributed by atoms with Gasteiger partial charge in [-0.15, -0.1) is 0 Å². The third-order valence-electron chi connectivity index (χ3n) is 12.7. The maximum Gasteiger partial charge on any atom is 0.305 e. The maximum atomic E-state index is 11.7. The van der Waals surface area contributed by atoms with Crippen LogP contribution in [0, 0.1) is 23.2 Å². The van der Waals surface area contributed by atoms with Crippen molar-refractivity contribution in [3.63, 3.8) is 0 Å². The van der Waals surface area contributed by atoms with Gasteiger partial charge in [-0.3, -0.25) is 4.79 Å². The quantitative estimate of drug-likeness (QED) is 0.175. The van der Waals surface area contributed by atoms with Crippen molar-refractivity contribution in [2.24, 2.45) is 23.2 Å². The second-order valence-electron chi connectivity index (χ2n) is 17.8. The van der Waals surface area contributed by atoms with Crippen LogP contribution in [0.5, 0.6) is 0 Å². The van der Waals surface area contributed by atoms with Gasteiger partial charge in [0.2, 0.25) is 0 Å². The van der Waals surface area contributed by atoms with Crippen molar-refractivity contribution in [1.82, 2.24) is 0 Å². The lowest BCUT2D eigenvalue weighted by molar-refractivity contribution is -0.140. The van der Waals surface area contributed by atoms with Crippen LogP contribution in [-0.2, 0) is 18.4 Å². The SMILES string of the molecule is C=C1C(=CC=C2CCCC3(C)C2CCC3C(C)CCCC(=O)OC)CC(O[Si](C)(C)C(C)(C)C)CC1O[Si](C)(C)C(C)(C)C. The Kier molecular flexibility index (Phi) is 12.0. The van der Waals surface area contributed by atoms with Crippen molar-refractivity contribution in [2.45, 2.75) is 168 Å². The van der Waals surface area contributed by atoms with Gasteiger partial charge in [-0.2, -0.15) is 0 Å². The van der Waals surface area contributed by atoms with Gasteiger partial charge in [0, 0.05) is 12.8 Å². The smallest absolute Gasteiger partial charge is 0.305 e. The van der Waals surface area contributed by atoms with Crippen molar-refractivity contribution in [3.05, 3.63) is 35.5 Å². The van der Waals surface area contributed by atoms with E-state index in [-0.39, 0.29) is 28.3 Å². The van der Waals surface area contributed by atoms with Crippen molar-refractivity contribution < 1.29 is 18.4 Å². The number of hydrogen-bond donors (Lipinski definition) is 0. The fourth-order valence-corrected chi connectivity index (χ4v) is 10.5. The number of hydrogen-bond acceptors (Lipinski definition) is 4. The summed E-state index contributed by atoms with van der Waals surface area (Å²) in [6, 6.07) is 0. The molecule has 0 aromatic carbocycles. The van der Waals surface area contributed by atoms with E-state index in [1.807, 2.05) is 0 Å². The first-order valence-electron chi connectivity index (χ1n) is 17.6. The molecule has 4 nitrogen and oxygen atoms in total. The number of carbonyl (C=O) groups excluding carboxylic acids is 1. The minimum atomic E-state index is -1.98. The molecular weight excluding hydrogens is 577 g/mol. The zero-order valence-electron chi connectivity index (χ0n) is 31.0. The molecule has 6 heteroatoms. The number of methoxy groups -OCH3 is 1. The van der Waals surface area contributed by atoms with Gasteiger partial charge in [0.1, 0.15) is 0 Å². The van der Waals surface area contributed by atoms with Crippen LogP contribution in [0.15, 0.2) is 35.5 Å². The van der Waals surface area contributed by atoms with E-state index < -0.39 is 16.6 Å². The van der Waals surface area contributed by atoms with Crippen LogP contribution in [0.1, 0.15) is 120 Å². The lowest BCUT2D eigenvalue weighted by Crippen LogP contribution is -2.49. The molecular formula is C38H68O4Si2. The first-order valence-corrected chi connectivity index (χ1v) is 23.5. The summed E-state index contributed by atoms with van der Waals surface area (Å²) in [7, 11) is -2.42. The summed E-state index contributed by atoms with van der Waals surface area (Å²) < 4.78 is 19.0. The van der Waals surface area contributed by atoms with Crippen LogP contribution >= 0.6 is 0 Å². The van der Waals surface area contributed by atoms with E-state index in [2.05, 4.69) is 100 Å². The Balaban J connectivity index is 1.86. The van der Waals surface area contributed by atoms with E-state index in [9.17, 15) is 4.79 Å². The Morgan fingerprint density at radius 2 is 1.64 bits per heavy atom. The molecule has 0 aromatic heterocycles. The summed E-state index contributed by atoms with van der Waals surface area (Å²) in [5.41, 5.74) is 4.48. The fraction of sp³-hybridized carbons (Fsp3) is 0.816. The lowest BCUT2D eigenvalue weighted by Gasteiger charge is -2.46. The Bertz CT molecular complexity index is 1090. The molecule has 0 aromatic rings. The Morgan fingerprint density at radius 1 is 1.02 bits per heavy atom. The van der Waals surface area contributed by atoms with Gasteiger partial charge in [-0.1, -0.05) is 79.7 Å². The molecule has 0 bridgehead atoms. The third-order valence-corrected chi connectivity index (χ3v) is 21.7. The van der Waals surface area contributed by atoms with Gasteiger partial charge in [0.05, 0.1) is 19.3 Å². The zero-order chi connectivity index (χ0) is 33.3. The van der Waals surface area contributed by atoms with Crippen LogP contribution in [0.2, 0.25) is 36.3 Å². The lowest BCUT2D eigenvalue weighted by atomic mass is 9.60. The largest absolute Gasteiger partial charge is 0.469 e. The predicted molar refractivity (Wildman–Crippen MR) is 192 cm³/mol. The number of carbonyl (C=O) groups is 1. The van der Waals surface area contributed by atoms with Crippen LogP contribution in [0.3, 0.4) is 0 Å². The van der Waals surface area contributed by atoms with Crippen molar-refractivity contribution in [2.75, 3.05) is 7.11 Å². The molecule has 3 saturated carbocycles. The van der Waals surface area contributed by atoms with Crippen molar-refractivity contribution in [1.29, 1.82) is 0 Å². The van der Waals surface area contributed by atoms with Gasteiger partial charge in [-0.25, -0.2) is 0 Å². The molecule has 3 aliphatic carbocycles. The molecule has 0 heterocycles. The van der Waals surface area contributed by atoms with Crippen LogP contribution < -0.4 is 0 Å². The first kappa shape index (κ1) is 37.5. The summed E-state index contributed by atoms with van der Waals surface area (Å²) in [4.78, 5) is 11.7. The molecule has 0 spiro atoms. The van der Waals surface area contributed by atoms with Crippen LogP contribution in [0.4, 0.5) is 0 Å². The van der Waals surface area contributed by atoms with Crippen molar-refractivity contribution >= 4 is 22.6 Å². The number of rotatable bonds is 10. The second kappa shape index (κ2) is 14.0. The number of fused-ring (bicyclic) bond motifs is 1. The van der Waals surface area contributed by atoms with Gasteiger partial charge in [-0.05, 0) is 122 Å². The van der Waals surface area contributed by atoms with Gasteiger partial charge in [0.15, 0.2) is 16.6 Å². The van der Waals surface area contributed by atoms with E-state index in [0.717, 1.165) is 31.6 Å². The molecule has 0 N–H and O–H groups in total. The molecule has 6 unspecified atom stereocenters. The standard InChI is InChI=1S/C38H68O4Si2/c1-27(17-15-19-35(39)40-10)32-22-23-33-29(18-16-24-38(32,33)9)20-21-30-25-31(41-43(11,12)36(3,4)5)26-34(28(30)2)42-44(13,14)37(6,7)8/h20-21,27,31-34H,2,15-19,22-26H2,1,3-14H3. The molecule has 0 radical (unpaired) electrons. The summed E-state index contributed by atoms with van der Waals surface area (Å²) in [5.74, 6) is 1.92. The van der Waals surface area contributed by atoms with E-state index in [1.165, 1.54) is 50.4 Å². The highest BCUT2D eigenvalue weighted by Crippen LogP contribution is 2.60. The molecule has 6 atom stereocenters. The van der Waals surface area contributed by atoms with Crippen molar-refractivity contribution in [3.8, 4) is 0 Å². The average Bonchev–Trinajstić information content (AvgIpc) is 3.25. The minimum Gasteiger partial charge on any atom is -0.469 e. The fourth-order valence-electron chi connectivity index (χ4n) is 7.85. The van der Waals surface area contributed by atoms with E-state index in [4.69, 9.17) is 13.6 Å². The monoisotopic (exact) mass is 644 g/mol. The Hall–Kier alpha value is -0.956. The van der Waals surface area contributed by atoms with E-state index in [0.29, 0.717) is 23.7 Å². The molecule has 3 rings (SSSR count). The maximum absolute atomic E-state index is 11.7. The van der Waals surface area contributed by atoms with E-state index >= 15 is 0 Å². The molecule has 44 heavy (non-hydrogen) atoms. The van der Waals surface area contributed by atoms with Crippen LogP contribution in [0.25, 0.3) is 0 Å². The number of esters is 1. The predicted octanol–water partition coefficient (Wildman–Crippen LogP) is 11.2. The molecule has 3 fully saturated rings.